The Hall–Kier alpha value is -2.49. The molecule has 0 radical (unpaired) electrons. The topological polar surface area (TPSA) is 38.8 Å². The maximum absolute atomic E-state index is 12.9. The average Bonchev–Trinajstić information content (AvgIpc) is 2.61. The van der Waals surface area contributed by atoms with Gasteiger partial charge in [0, 0.05) is 18.2 Å². The number of hydrogen-bond acceptors (Lipinski definition) is 3. The smallest absolute Gasteiger partial charge is 0.254 e. The summed E-state index contributed by atoms with van der Waals surface area (Å²) in [4.78, 5) is 14.8. The molecule has 0 aliphatic rings. The fraction of sp³-hybridized carbons (Fsp3) is 0.350. The third-order valence-electron chi connectivity index (χ3n) is 4.00. The first-order valence-electron chi connectivity index (χ1n) is 8.13. The summed E-state index contributed by atoms with van der Waals surface area (Å²) >= 11 is 0. The van der Waals surface area contributed by atoms with E-state index in [1.165, 1.54) is 5.56 Å². The Morgan fingerprint density at radius 1 is 1.00 bits per heavy atom. The van der Waals surface area contributed by atoms with E-state index in [0.29, 0.717) is 23.6 Å². The SMILES string of the molecule is COc1ccc(C(=O)N(CCc2ccccc2)C(C)C)cc1OC. The van der Waals surface area contributed by atoms with Crippen LogP contribution >= 0.6 is 0 Å². The minimum atomic E-state index is 0.00174. The zero-order valence-electron chi connectivity index (χ0n) is 14.8. The van der Waals surface area contributed by atoms with Gasteiger partial charge in [-0.1, -0.05) is 30.3 Å². The molecule has 0 unspecified atom stereocenters. The van der Waals surface area contributed by atoms with E-state index in [-0.39, 0.29) is 11.9 Å². The summed E-state index contributed by atoms with van der Waals surface area (Å²) in [5.74, 6) is 1.19. The second kappa shape index (κ2) is 8.39. The van der Waals surface area contributed by atoms with Crippen LogP contribution in [0, 0.1) is 0 Å². The van der Waals surface area contributed by atoms with Crippen molar-refractivity contribution in [1.82, 2.24) is 4.90 Å². The molecule has 2 aromatic carbocycles. The van der Waals surface area contributed by atoms with Crippen LogP contribution < -0.4 is 9.47 Å². The quantitative estimate of drug-likeness (QED) is 0.776. The van der Waals surface area contributed by atoms with E-state index in [1.807, 2.05) is 36.9 Å². The van der Waals surface area contributed by atoms with Crippen LogP contribution in [0.4, 0.5) is 0 Å². The molecule has 4 heteroatoms. The summed E-state index contributed by atoms with van der Waals surface area (Å²) in [6.45, 7) is 4.74. The maximum atomic E-state index is 12.9. The van der Waals surface area contributed by atoms with Crippen molar-refractivity contribution in [2.45, 2.75) is 26.3 Å². The van der Waals surface area contributed by atoms with E-state index in [2.05, 4.69) is 12.1 Å². The molecule has 2 rings (SSSR count). The first kappa shape index (κ1) is 17.9. The van der Waals surface area contributed by atoms with Crippen LogP contribution in [0.15, 0.2) is 48.5 Å². The summed E-state index contributed by atoms with van der Waals surface area (Å²) in [5.41, 5.74) is 1.83. The molecule has 128 valence electrons. The molecule has 0 fully saturated rings. The fourth-order valence-electron chi connectivity index (χ4n) is 2.62. The Kier molecular flexibility index (Phi) is 6.24. The number of rotatable bonds is 7. The normalized spacial score (nSPS) is 10.5. The van der Waals surface area contributed by atoms with Crippen molar-refractivity contribution < 1.29 is 14.3 Å². The second-order valence-electron chi connectivity index (χ2n) is 5.90. The molecule has 0 aromatic heterocycles. The summed E-state index contributed by atoms with van der Waals surface area (Å²) in [6, 6.07) is 15.6. The molecule has 0 heterocycles. The van der Waals surface area contributed by atoms with Crippen molar-refractivity contribution in [3.05, 3.63) is 59.7 Å². The number of ether oxygens (including phenoxy) is 2. The lowest BCUT2D eigenvalue weighted by atomic mass is 10.1. The van der Waals surface area contributed by atoms with Gasteiger partial charge in [0.1, 0.15) is 0 Å². The van der Waals surface area contributed by atoms with Crippen LogP contribution in [-0.2, 0) is 6.42 Å². The molecule has 0 aliphatic heterocycles. The summed E-state index contributed by atoms with van der Waals surface area (Å²) in [7, 11) is 3.15. The Bertz CT molecular complexity index is 668. The Morgan fingerprint density at radius 3 is 2.25 bits per heavy atom. The lowest BCUT2D eigenvalue weighted by Gasteiger charge is -2.27. The van der Waals surface area contributed by atoms with E-state index in [9.17, 15) is 4.79 Å². The van der Waals surface area contributed by atoms with Gasteiger partial charge >= 0.3 is 0 Å². The van der Waals surface area contributed by atoms with E-state index >= 15 is 0 Å². The van der Waals surface area contributed by atoms with Gasteiger partial charge in [-0.2, -0.15) is 0 Å². The highest BCUT2D eigenvalue weighted by Crippen LogP contribution is 2.28. The average molecular weight is 327 g/mol. The van der Waals surface area contributed by atoms with Crippen LogP contribution in [0.1, 0.15) is 29.8 Å². The van der Waals surface area contributed by atoms with Crippen LogP contribution in [0.25, 0.3) is 0 Å². The van der Waals surface area contributed by atoms with Crippen LogP contribution in [0.2, 0.25) is 0 Å². The van der Waals surface area contributed by atoms with Gasteiger partial charge in [0.05, 0.1) is 14.2 Å². The van der Waals surface area contributed by atoms with E-state index < -0.39 is 0 Å². The van der Waals surface area contributed by atoms with Crippen molar-refractivity contribution in [3.8, 4) is 11.5 Å². The van der Waals surface area contributed by atoms with Gasteiger partial charge in [-0.05, 0) is 44.0 Å². The summed E-state index contributed by atoms with van der Waals surface area (Å²) < 4.78 is 10.5. The first-order chi connectivity index (χ1) is 11.6. The lowest BCUT2D eigenvalue weighted by Crippen LogP contribution is -2.38. The molecule has 0 spiro atoms. The molecule has 4 nitrogen and oxygen atoms in total. The predicted molar refractivity (Wildman–Crippen MR) is 95.9 cm³/mol. The van der Waals surface area contributed by atoms with E-state index in [0.717, 1.165) is 6.42 Å². The monoisotopic (exact) mass is 327 g/mol. The molecule has 0 saturated carbocycles. The molecular weight excluding hydrogens is 302 g/mol. The fourth-order valence-corrected chi connectivity index (χ4v) is 2.62. The standard InChI is InChI=1S/C20H25NO3/c1-15(2)21(13-12-16-8-6-5-7-9-16)20(22)17-10-11-18(23-3)19(14-17)24-4/h5-11,14-15H,12-13H2,1-4H3. The van der Waals surface area contributed by atoms with Gasteiger partial charge in [-0.25, -0.2) is 0 Å². The Balaban J connectivity index is 2.16. The number of nitrogens with zero attached hydrogens (tertiary/aromatic N) is 1. The van der Waals surface area contributed by atoms with E-state index in [4.69, 9.17) is 9.47 Å². The third kappa shape index (κ3) is 4.28. The van der Waals surface area contributed by atoms with Crippen molar-refractivity contribution >= 4 is 5.91 Å². The highest BCUT2D eigenvalue weighted by atomic mass is 16.5. The number of benzene rings is 2. The van der Waals surface area contributed by atoms with Gasteiger partial charge in [-0.15, -0.1) is 0 Å². The number of hydrogen-bond donors (Lipinski definition) is 0. The van der Waals surface area contributed by atoms with Crippen molar-refractivity contribution in [3.63, 3.8) is 0 Å². The van der Waals surface area contributed by atoms with Gasteiger partial charge in [0.2, 0.25) is 0 Å². The highest BCUT2D eigenvalue weighted by molar-refractivity contribution is 5.95. The molecule has 1 amide bonds. The third-order valence-corrected chi connectivity index (χ3v) is 4.00. The largest absolute Gasteiger partial charge is 0.493 e. The minimum Gasteiger partial charge on any atom is -0.493 e. The number of carbonyl (C=O) groups excluding carboxylic acids is 1. The van der Waals surface area contributed by atoms with Crippen molar-refractivity contribution in [1.29, 1.82) is 0 Å². The van der Waals surface area contributed by atoms with Crippen LogP contribution in [0.5, 0.6) is 11.5 Å². The number of methoxy groups -OCH3 is 2. The Morgan fingerprint density at radius 2 is 1.67 bits per heavy atom. The van der Waals surface area contributed by atoms with Gasteiger partial charge < -0.3 is 14.4 Å². The molecular formula is C20H25NO3. The van der Waals surface area contributed by atoms with Gasteiger partial charge in [-0.3, -0.25) is 4.79 Å². The molecule has 0 saturated heterocycles. The molecule has 0 N–H and O–H groups in total. The van der Waals surface area contributed by atoms with E-state index in [1.54, 1.807) is 32.4 Å². The summed E-state index contributed by atoms with van der Waals surface area (Å²) in [6.07, 6.45) is 0.831. The predicted octanol–water partition coefficient (Wildman–Crippen LogP) is 3.80. The summed E-state index contributed by atoms with van der Waals surface area (Å²) in [5, 5.41) is 0. The lowest BCUT2D eigenvalue weighted by molar-refractivity contribution is 0.0707. The van der Waals surface area contributed by atoms with Crippen LogP contribution in [0.3, 0.4) is 0 Å². The number of carbonyl (C=O) groups is 1. The molecule has 0 atom stereocenters. The molecule has 2 aromatic rings. The van der Waals surface area contributed by atoms with Crippen LogP contribution in [-0.4, -0.2) is 37.6 Å². The Labute approximate surface area is 144 Å². The maximum Gasteiger partial charge on any atom is 0.254 e. The second-order valence-corrected chi connectivity index (χ2v) is 5.90. The zero-order valence-corrected chi connectivity index (χ0v) is 14.8. The van der Waals surface area contributed by atoms with Crippen molar-refractivity contribution in [2.24, 2.45) is 0 Å². The van der Waals surface area contributed by atoms with Crippen molar-refractivity contribution in [2.75, 3.05) is 20.8 Å². The molecule has 0 bridgehead atoms. The van der Waals surface area contributed by atoms with Gasteiger partial charge in [0.15, 0.2) is 11.5 Å². The zero-order chi connectivity index (χ0) is 17.5. The highest BCUT2D eigenvalue weighted by Gasteiger charge is 2.20. The first-order valence-corrected chi connectivity index (χ1v) is 8.13. The van der Waals surface area contributed by atoms with Gasteiger partial charge in [0.25, 0.3) is 5.91 Å². The molecule has 24 heavy (non-hydrogen) atoms. The molecule has 0 aliphatic carbocycles. The number of amides is 1. The minimum absolute atomic E-state index is 0.00174.